The van der Waals surface area contributed by atoms with E-state index in [4.69, 9.17) is 4.74 Å². The summed E-state index contributed by atoms with van der Waals surface area (Å²) in [7, 11) is 0. The summed E-state index contributed by atoms with van der Waals surface area (Å²) < 4.78 is 7.00. The van der Waals surface area contributed by atoms with E-state index in [2.05, 4.69) is 15.3 Å². The van der Waals surface area contributed by atoms with Gasteiger partial charge >= 0.3 is 5.69 Å². The van der Waals surface area contributed by atoms with E-state index in [1.165, 1.54) is 15.7 Å². The third kappa shape index (κ3) is 3.01. The minimum atomic E-state index is -0.909. The lowest BCUT2D eigenvalue weighted by Crippen LogP contribution is -2.49. The number of hydrogen-bond donors (Lipinski definition) is 4. The van der Waals surface area contributed by atoms with Crippen LogP contribution in [0.25, 0.3) is 11.0 Å². The second-order valence-corrected chi connectivity index (χ2v) is 7.71. The number of nitrogens with one attached hydrogen (secondary N) is 3. The maximum atomic E-state index is 12.8. The Balaban J connectivity index is 1.42. The van der Waals surface area contributed by atoms with Gasteiger partial charge in [-0.15, -0.1) is 0 Å². The summed E-state index contributed by atoms with van der Waals surface area (Å²) in [5.74, 6) is -1.94. The fraction of sp³-hybridized carbons (Fsp3) is 0.300. The van der Waals surface area contributed by atoms with Gasteiger partial charge in [0.2, 0.25) is 5.43 Å². The fourth-order valence-corrected chi connectivity index (χ4v) is 4.10. The molecule has 0 unspecified atom stereocenters. The molecule has 2 aliphatic rings. The summed E-state index contributed by atoms with van der Waals surface area (Å²) in [5.41, 5.74) is 0.285. The lowest BCUT2D eigenvalue weighted by Gasteiger charge is -2.33. The molecule has 11 heteroatoms. The molecule has 0 spiro atoms. The molecule has 4 N–H and O–H groups in total. The number of hydrogen-bond acceptors (Lipinski definition) is 6. The first kappa shape index (κ1) is 19.1. The standard InChI is InChI=1S/C20H19N5O6/c1-9-8-31-14-7-24-6-11(16(26)17(27)15(24)19(29)25(9)14)18(28)21-5-10-2-3-12-13(4-10)23-20(30)22-12/h2-4,6,9,14,27H,5,7-8H2,1H3,(H,21,28)(H2,22,23,30)/t9-,14+/m0/s1. The van der Waals surface area contributed by atoms with Crippen LogP contribution in [0.15, 0.2) is 34.0 Å². The van der Waals surface area contributed by atoms with Crippen LogP contribution in [0.2, 0.25) is 0 Å². The maximum Gasteiger partial charge on any atom is 0.323 e. The Bertz CT molecular complexity index is 1350. The summed E-state index contributed by atoms with van der Waals surface area (Å²) in [4.78, 5) is 56.2. The van der Waals surface area contributed by atoms with Gasteiger partial charge in [0.25, 0.3) is 11.8 Å². The highest BCUT2D eigenvalue weighted by atomic mass is 16.5. The Morgan fingerprint density at radius 3 is 2.84 bits per heavy atom. The SMILES string of the molecule is C[C@H]1CO[C@@H]2Cn3cc(C(=O)NCc4ccc5[nH]c(=O)[nH]c5c4)c(=O)c(O)c3C(=O)N12. The van der Waals surface area contributed by atoms with Crippen LogP contribution in [0.4, 0.5) is 0 Å². The van der Waals surface area contributed by atoms with E-state index in [9.17, 15) is 24.3 Å². The maximum absolute atomic E-state index is 12.8. The van der Waals surface area contributed by atoms with Gasteiger partial charge in [-0.25, -0.2) is 4.79 Å². The number of amides is 2. The summed E-state index contributed by atoms with van der Waals surface area (Å²) in [6.07, 6.45) is 0.768. The molecule has 0 saturated carbocycles. The molecule has 0 aliphatic carbocycles. The van der Waals surface area contributed by atoms with Crippen LogP contribution in [-0.4, -0.2) is 55.2 Å². The molecule has 2 atom stereocenters. The molecule has 1 saturated heterocycles. The molecule has 0 radical (unpaired) electrons. The zero-order valence-electron chi connectivity index (χ0n) is 16.5. The lowest BCUT2D eigenvalue weighted by atomic mass is 10.1. The Labute approximate surface area is 174 Å². The van der Waals surface area contributed by atoms with Crippen molar-refractivity contribution in [1.29, 1.82) is 0 Å². The van der Waals surface area contributed by atoms with Gasteiger partial charge in [0, 0.05) is 12.7 Å². The highest BCUT2D eigenvalue weighted by molar-refractivity contribution is 5.99. The van der Waals surface area contributed by atoms with Crippen LogP contribution >= 0.6 is 0 Å². The van der Waals surface area contributed by atoms with Crippen molar-refractivity contribution in [1.82, 2.24) is 24.8 Å². The molecular formula is C20H19N5O6. The Kier molecular flexibility index (Phi) is 4.22. The number of rotatable bonds is 3. The third-order valence-electron chi connectivity index (χ3n) is 5.64. The van der Waals surface area contributed by atoms with Crippen LogP contribution < -0.4 is 16.4 Å². The van der Waals surface area contributed by atoms with Crippen molar-refractivity contribution in [3.63, 3.8) is 0 Å². The van der Waals surface area contributed by atoms with E-state index in [1.54, 1.807) is 18.2 Å². The molecule has 4 heterocycles. The number of aromatic nitrogens is 3. The minimum Gasteiger partial charge on any atom is -0.503 e. The fourth-order valence-electron chi connectivity index (χ4n) is 4.10. The topological polar surface area (TPSA) is 150 Å². The van der Waals surface area contributed by atoms with Gasteiger partial charge in [-0.05, 0) is 24.6 Å². The summed E-state index contributed by atoms with van der Waals surface area (Å²) >= 11 is 0. The van der Waals surface area contributed by atoms with Gasteiger partial charge in [-0.2, -0.15) is 0 Å². The van der Waals surface area contributed by atoms with E-state index < -0.39 is 29.2 Å². The number of pyridine rings is 1. The highest BCUT2D eigenvalue weighted by Crippen LogP contribution is 2.29. The Morgan fingerprint density at radius 2 is 2.03 bits per heavy atom. The first-order valence-electron chi connectivity index (χ1n) is 9.73. The predicted octanol–water partition coefficient (Wildman–Crippen LogP) is -0.146. The van der Waals surface area contributed by atoms with E-state index in [0.717, 1.165) is 0 Å². The molecule has 11 nitrogen and oxygen atoms in total. The number of carbonyl (C=O) groups excluding carboxylic acids is 2. The third-order valence-corrected chi connectivity index (χ3v) is 5.64. The molecule has 3 aromatic rings. The molecule has 5 rings (SSSR count). The number of aromatic amines is 2. The van der Waals surface area contributed by atoms with E-state index in [1.807, 2.05) is 6.92 Å². The molecule has 31 heavy (non-hydrogen) atoms. The number of imidazole rings is 1. The van der Waals surface area contributed by atoms with Crippen molar-refractivity contribution in [2.45, 2.75) is 32.3 Å². The van der Waals surface area contributed by atoms with E-state index >= 15 is 0 Å². The Morgan fingerprint density at radius 1 is 1.26 bits per heavy atom. The summed E-state index contributed by atoms with van der Waals surface area (Å²) in [6.45, 7) is 2.49. The smallest absolute Gasteiger partial charge is 0.323 e. The largest absolute Gasteiger partial charge is 0.503 e. The monoisotopic (exact) mass is 425 g/mol. The average molecular weight is 425 g/mol. The molecule has 160 valence electrons. The normalized spacial score (nSPS) is 20.0. The van der Waals surface area contributed by atoms with Crippen molar-refractivity contribution in [3.05, 3.63) is 61.9 Å². The molecular weight excluding hydrogens is 406 g/mol. The van der Waals surface area contributed by atoms with Crippen molar-refractivity contribution < 1.29 is 19.4 Å². The summed E-state index contributed by atoms with van der Waals surface area (Å²) in [5, 5.41) is 13.1. The zero-order valence-corrected chi connectivity index (χ0v) is 16.5. The lowest BCUT2D eigenvalue weighted by molar-refractivity contribution is 0.00624. The van der Waals surface area contributed by atoms with Crippen molar-refractivity contribution >= 4 is 22.8 Å². The molecule has 1 fully saturated rings. The average Bonchev–Trinajstić information content (AvgIpc) is 3.29. The van der Waals surface area contributed by atoms with E-state index in [0.29, 0.717) is 23.2 Å². The zero-order chi connectivity index (χ0) is 21.9. The van der Waals surface area contributed by atoms with Gasteiger partial charge in [0.05, 0.1) is 30.2 Å². The molecule has 2 aliphatic heterocycles. The summed E-state index contributed by atoms with van der Waals surface area (Å²) in [6, 6.07) is 4.97. The van der Waals surface area contributed by atoms with Gasteiger partial charge in [0.15, 0.2) is 17.7 Å². The number of H-pyrrole nitrogens is 2. The number of nitrogens with zero attached hydrogens (tertiary/aromatic N) is 2. The molecule has 1 aromatic carbocycles. The second kappa shape index (κ2) is 6.84. The molecule has 2 aromatic heterocycles. The second-order valence-electron chi connectivity index (χ2n) is 7.71. The number of fused-ring (bicyclic) bond motifs is 3. The molecule has 2 amide bonds. The first-order valence-corrected chi connectivity index (χ1v) is 9.73. The number of ether oxygens (including phenoxy) is 1. The van der Waals surface area contributed by atoms with E-state index in [-0.39, 0.29) is 36.1 Å². The van der Waals surface area contributed by atoms with Crippen molar-refractivity contribution in [2.75, 3.05) is 6.61 Å². The van der Waals surface area contributed by atoms with Gasteiger partial charge in [-0.1, -0.05) is 6.07 Å². The number of benzene rings is 1. The minimum absolute atomic E-state index is 0.0971. The van der Waals surface area contributed by atoms with Gasteiger partial charge < -0.3 is 34.6 Å². The highest BCUT2D eigenvalue weighted by Gasteiger charge is 2.42. The van der Waals surface area contributed by atoms with Crippen LogP contribution in [0.1, 0.15) is 33.3 Å². The predicted molar refractivity (Wildman–Crippen MR) is 108 cm³/mol. The van der Waals surface area contributed by atoms with Gasteiger partial charge in [0.1, 0.15) is 5.56 Å². The van der Waals surface area contributed by atoms with Crippen LogP contribution in [0.5, 0.6) is 5.75 Å². The van der Waals surface area contributed by atoms with Gasteiger partial charge in [-0.3, -0.25) is 14.4 Å². The number of carbonyl (C=O) groups is 2. The quantitative estimate of drug-likeness (QED) is 0.459. The Hall–Kier alpha value is -3.86. The van der Waals surface area contributed by atoms with Crippen LogP contribution in [0.3, 0.4) is 0 Å². The van der Waals surface area contributed by atoms with Crippen LogP contribution in [0, 0.1) is 0 Å². The first-order chi connectivity index (χ1) is 14.8. The molecule has 0 bridgehead atoms. The van der Waals surface area contributed by atoms with Crippen LogP contribution in [-0.2, 0) is 17.8 Å². The van der Waals surface area contributed by atoms with Crippen molar-refractivity contribution in [2.24, 2.45) is 0 Å². The number of aromatic hydroxyl groups is 1. The van der Waals surface area contributed by atoms with Crippen molar-refractivity contribution in [3.8, 4) is 5.75 Å².